The summed E-state index contributed by atoms with van der Waals surface area (Å²) in [6, 6.07) is 3.95. The zero-order valence-corrected chi connectivity index (χ0v) is 10.8. The van der Waals surface area contributed by atoms with Gasteiger partial charge in [0.1, 0.15) is 0 Å². The van der Waals surface area contributed by atoms with Crippen LogP contribution in [0.1, 0.15) is 26.7 Å². The first-order valence-electron chi connectivity index (χ1n) is 6.41. The van der Waals surface area contributed by atoms with Crippen LogP contribution in [0.5, 0.6) is 0 Å². The summed E-state index contributed by atoms with van der Waals surface area (Å²) in [7, 11) is 0. The van der Waals surface area contributed by atoms with Gasteiger partial charge in [-0.2, -0.15) is 0 Å². The van der Waals surface area contributed by atoms with Crippen LogP contribution in [0.2, 0.25) is 0 Å². The van der Waals surface area contributed by atoms with Crippen LogP contribution in [0.25, 0.3) is 0 Å². The van der Waals surface area contributed by atoms with Gasteiger partial charge >= 0.3 is 0 Å². The Hall–Kier alpha value is -1.38. The molecule has 1 aliphatic carbocycles. The lowest BCUT2D eigenvalue weighted by Gasteiger charge is -2.26. The minimum Gasteiger partial charge on any atom is -0.385 e. The summed E-state index contributed by atoms with van der Waals surface area (Å²) < 4.78 is 25.8. The molecule has 1 N–H and O–H groups in total. The van der Waals surface area contributed by atoms with Gasteiger partial charge in [-0.3, -0.25) is 0 Å². The lowest BCUT2D eigenvalue weighted by Crippen LogP contribution is -2.20. The van der Waals surface area contributed by atoms with Crippen LogP contribution in [-0.2, 0) is 0 Å². The third-order valence-electron chi connectivity index (χ3n) is 3.40. The first kappa shape index (κ1) is 13.1. The maximum absolute atomic E-state index is 13.0. The lowest BCUT2D eigenvalue weighted by atomic mass is 9.84. The average Bonchev–Trinajstić information content (AvgIpc) is 2.29. The molecule has 0 aliphatic heterocycles. The zero-order valence-electron chi connectivity index (χ0n) is 10.8. The number of hydrogen-bond donors (Lipinski definition) is 1. The van der Waals surface area contributed by atoms with Crippen molar-refractivity contribution in [2.45, 2.75) is 26.7 Å². The third-order valence-corrected chi connectivity index (χ3v) is 3.40. The van der Waals surface area contributed by atoms with Crippen molar-refractivity contribution in [1.29, 1.82) is 0 Å². The van der Waals surface area contributed by atoms with E-state index in [-0.39, 0.29) is 0 Å². The van der Waals surface area contributed by atoms with Crippen molar-refractivity contribution in [1.82, 2.24) is 0 Å². The molecular weight excluding hydrogens is 232 g/mol. The van der Waals surface area contributed by atoms with E-state index in [4.69, 9.17) is 0 Å². The van der Waals surface area contributed by atoms with Crippen molar-refractivity contribution in [3.8, 4) is 0 Å². The summed E-state index contributed by atoms with van der Waals surface area (Å²) in [5, 5.41) is 3.19. The van der Waals surface area contributed by atoms with Gasteiger partial charge in [0, 0.05) is 12.2 Å². The van der Waals surface area contributed by atoms with Gasteiger partial charge in [-0.15, -0.1) is 0 Å². The lowest BCUT2D eigenvalue weighted by molar-refractivity contribution is 0.421. The SMILES string of the molecule is CC1=CC(C)CC(CNc2ccc(F)c(F)c2)C1. The molecule has 1 nitrogen and oxygen atoms in total. The molecule has 18 heavy (non-hydrogen) atoms. The van der Waals surface area contributed by atoms with E-state index in [0.29, 0.717) is 17.5 Å². The van der Waals surface area contributed by atoms with E-state index < -0.39 is 11.6 Å². The Morgan fingerprint density at radius 2 is 2.06 bits per heavy atom. The molecule has 3 heteroatoms. The Labute approximate surface area is 107 Å². The number of allylic oxidation sites excluding steroid dienone is 2. The van der Waals surface area contributed by atoms with Crippen molar-refractivity contribution < 1.29 is 8.78 Å². The van der Waals surface area contributed by atoms with E-state index in [1.54, 1.807) is 6.07 Å². The molecule has 0 heterocycles. The molecule has 1 aromatic carbocycles. The summed E-state index contributed by atoms with van der Waals surface area (Å²) in [4.78, 5) is 0. The fourth-order valence-electron chi connectivity index (χ4n) is 2.71. The molecule has 2 rings (SSSR count). The van der Waals surface area contributed by atoms with E-state index in [1.165, 1.54) is 11.6 Å². The fraction of sp³-hybridized carbons (Fsp3) is 0.467. The second-order valence-electron chi connectivity index (χ2n) is 5.31. The van der Waals surface area contributed by atoms with Crippen LogP contribution in [0, 0.1) is 23.5 Å². The van der Waals surface area contributed by atoms with Crippen molar-refractivity contribution in [2.24, 2.45) is 11.8 Å². The van der Waals surface area contributed by atoms with E-state index in [2.05, 4.69) is 25.2 Å². The Morgan fingerprint density at radius 3 is 2.72 bits per heavy atom. The molecule has 0 bridgehead atoms. The van der Waals surface area contributed by atoms with Crippen molar-refractivity contribution in [3.05, 3.63) is 41.5 Å². The monoisotopic (exact) mass is 251 g/mol. The molecule has 0 saturated carbocycles. The van der Waals surface area contributed by atoms with Gasteiger partial charge in [0.2, 0.25) is 0 Å². The quantitative estimate of drug-likeness (QED) is 0.787. The summed E-state index contributed by atoms with van der Waals surface area (Å²) >= 11 is 0. The van der Waals surface area contributed by atoms with Gasteiger partial charge in [-0.1, -0.05) is 18.6 Å². The number of nitrogens with one attached hydrogen (secondary N) is 1. The second-order valence-corrected chi connectivity index (χ2v) is 5.31. The van der Waals surface area contributed by atoms with E-state index in [1.807, 2.05) is 0 Å². The van der Waals surface area contributed by atoms with Crippen LogP contribution in [0.15, 0.2) is 29.8 Å². The van der Waals surface area contributed by atoms with Crippen LogP contribution < -0.4 is 5.32 Å². The first-order chi connectivity index (χ1) is 8.54. The standard InChI is InChI=1S/C15H19F2N/c1-10-5-11(2)7-12(6-10)9-18-13-3-4-14(16)15(17)8-13/h3-5,8,10,12,18H,6-7,9H2,1-2H3. The number of anilines is 1. The number of halogens is 2. The normalized spacial score (nSPS) is 23.7. The molecule has 2 atom stereocenters. The maximum atomic E-state index is 13.0. The van der Waals surface area contributed by atoms with Gasteiger partial charge < -0.3 is 5.32 Å². The molecule has 0 amide bonds. The van der Waals surface area contributed by atoms with Crippen molar-refractivity contribution >= 4 is 5.69 Å². The summed E-state index contributed by atoms with van der Waals surface area (Å²) in [5.74, 6) is -0.424. The van der Waals surface area contributed by atoms with Gasteiger partial charge in [-0.25, -0.2) is 8.78 Å². The topological polar surface area (TPSA) is 12.0 Å². The highest BCUT2D eigenvalue weighted by atomic mass is 19.2. The Balaban J connectivity index is 1.92. The predicted molar refractivity (Wildman–Crippen MR) is 70.5 cm³/mol. The van der Waals surface area contributed by atoms with E-state index in [9.17, 15) is 8.78 Å². The molecule has 0 aromatic heterocycles. The Morgan fingerprint density at radius 1 is 1.28 bits per heavy atom. The molecule has 2 unspecified atom stereocenters. The summed E-state index contributed by atoms with van der Waals surface area (Å²) in [6.45, 7) is 5.17. The zero-order chi connectivity index (χ0) is 13.1. The van der Waals surface area contributed by atoms with E-state index >= 15 is 0 Å². The molecule has 1 aromatic rings. The first-order valence-corrected chi connectivity index (χ1v) is 6.41. The molecule has 0 fully saturated rings. The predicted octanol–water partition coefficient (Wildman–Crippen LogP) is 4.37. The van der Waals surface area contributed by atoms with Gasteiger partial charge in [-0.05, 0) is 49.8 Å². The number of benzene rings is 1. The highest BCUT2D eigenvalue weighted by Gasteiger charge is 2.17. The molecule has 98 valence electrons. The smallest absolute Gasteiger partial charge is 0.160 e. The van der Waals surface area contributed by atoms with Crippen LogP contribution in [0.4, 0.5) is 14.5 Å². The molecule has 0 spiro atoms. The van der Waals surface area contributed by atoms with Crippen LogP contribution in [-0.4, -0.2) is 6.54 Å². The fourth-order valence-corrected chi connectivity index (χ4v) is 2.71. The van der Waals surface area contributed by atoms with Gasteiger partial charge in [0.15, 0.2) is 11.6 Å². The maximum Gasteiger partial charge on any atom is 0.160 e. The highest BCUT2D eigenvalue weighted by Crippen LogP contribution is 2.28. The van der Waals surface area contributed by atoms with Crippen LogP contribution >= 0.6 is 0 Å². The Kier molecular flexibility index (Phi) is 4.00. The summed E-state index contributed by atoms with van der Waals surface area (Å²) in [5.41, 5.74) is 2.07. The number of rotatable bonds is 3. The molecule has 0 saturated heterocycles. The highest BCUT2D eigenvalue weighted by molar-refractivity contribution is 5.43. The molecular formula is C15H19F2N. The number of hydrogen-bond acceptors (Lipinski definition) is 1. The average molecular weight is 251 g/mol. The van der Waals surface area contributed by atoms with Crippen molar-refractivity contribution in [2.75, 3.05) is 11.9 Å². The van der Waals surface area contributed by atoms with Crippen molar-refractivity contribution in [3.63, 3.8) is 0 Å². The minimum absolute atomic E-state index is 0.568. The minimum atomic E-state index is -0.800. The van der Waals surface area contributed by atoms with E-state index in [0.717, 1.165) is 25.5 Å². The molecule has 1 aliphatic rings. The third kappa shape index (κ3) is 3.31. The second kappa shape index (κ2) is 5.51. The molecule has 0 radical (unpaired) electrons. The van der Waals surface area contributed by atoms with Crippen LogP contribution in [0.3, 0.4) is 0 Å². The van der Waals surface area contributed by atoms with Gasteiger partial charge in [0.05, 0.1) is 0 Å². The van der Waals surface area contributed by atoms with Gasteiger partial charge in [0.25, 0.3) is 0 Å². The summed E-state index contributed by atoms with van der Waals surface area (Å²) in [6.07, 6.45) is 4.54. The Bertz CT molecular complexity index is 454. The largest absolute Gasteiger partial charge is 0.385 e.